The van der Waals surface area contributed by atoms with Crippen LogP contribution in [-0.2, 0) is 0 Å². The standard InChI is InChI=1S/C21H25ClN2O2.C2H6/c1-26-16-8-10-19-18(14-16)21(23-11-5-3-2-4-6-12-25)17-9-7-15(22)13-20(17)24-19;1-2/h7-10,13-14,25H,2-6,11-12H2,1H3,(H,23,24);1-2H3. The first-order chi connectivity index (χ1) is 13.7. The molecular weight excluding hydrogens is 372 g/mol. The van der Waals surface area contributed by atoms with Gasteiger partial charge in [0, 0.05) is 28.9 Å². The van der Waals surface area contributed by atoms with Crippen molar-refractivity contribution in [2.45, 2.75) is 46.0 Å². The van der Waals surface area contributed by atoms with Crippen molar-refractivity contribution in [1.29, 1.82) is 0 Å². The first-order valence-corrected chi connectivity index (χ1v) is 10.5. The number of benzene rings is 2. The van der Waals surface area contributed by atoms with Crippen molar-refractivity contribution in [2.75, 3.05) is 25.6 Å². The number of halogens is 1. The number of unbranched alkanes of at least 4 members (excludes halogenated alkanes) is 4. The molecule has 3 rings (SSSR count). The fourth-order valence-corrected chi connectivity index (χ4v) is 3.36. The molecule has 0 aliphatic carbocycles. The Morgan fingerprint density at radius 2 is 1.68 bits per heavy atom. The normalized spacial score (nSPS) is 10.6. The van der Waals surface area contributed by atoms with Gasteiger partial charge in [0.05, 0.1) is 23.8 Å². The zero-order valence-electron chi connectivity index (χ0n) is 17.1. The van der Waals surface area contributed by atoms with Gasteiger partial charge in [-0.2, -0.15) is 0 Å². The number of fused-ring (bicyclic) bond motifs is 2. The number of hydrogen-bond acceptors (Lipinski definition) is 4. The van der Waals surface area contributed by atoms with Gasteiger partial charge in [-0.1, -0.05) is 44.7 Å². The molecule has 0 radical (unpaired) electrons. The molecule has 1 aromatic heterocycles. The van der Waals surface area contributed by atoms with Crippen molar-refractivity contribution < 1.29 is 9.84 Å². The lowest BCUT2D eigenvalue weighted by Gasteiger charge is -2.14. The molecule has 5 heteroatoms. The molecule has 0 amide bonds. The van der Waals surface area contributed by atoms with E-state index in [9.17, 15) is 0 Å². The van der Waals surface area contributed by atoms with Gasteiger partial charge in [0.2, 0.25) is 0 Å². The first kappa shape index (κ1) is 22.3. The second kappa shape index (κ2) is 11.7. The van der Waals surface area contributed by atoms with Crippen molar-refractivity contribution in [3.8, 4) is 5.75 Å². The van der Waals surface area contributed by atoms with E-state index in [1.807, 2.05) is 50.2 Å². The molecule has 0 saturated heterocycles. The van der Waals surface area contributed by atoms with E-state index < -0.39 is 0 Å². The number of hydrogen-bond donors (Lipinski definition) is 2. The summed E-state index contributed by atoms with van der Waals surface area (Å²) in [6, 6.07) is 11.8. The van der Waals surface area contributed by atoms with Crippen molar-refractivity contribution in [3.05, 3.63) is 41.4 Å². The zero-order valence-corrected chi connectivity index (χ0v) is 17.9. The van der Waals surface area contributed by atoms with Crippen LogP contribution < -0.4 is 10.1 Å². The number of anilines is 1. The average molecular weight is 403 g/mol. The number of aliphatic hydroxyl groups excluding tert-OH is 1. The van der Waals surface area contributed by atoms with Crippen molar-refractivity contribution in [1.82, 2.24) is 4.98 Å². The molecular formula is C23H31ClN2O2. The van der Waals surface area contributed by atoms with Crippen LogP contribution in [0.1, 0.15) is 46.0 Å². The molecule has 3 aromatic rings. The maximum Gasteiger partial charge on any atom is 0.119 e. The highest BCUT2D eigenvalue weighted by atomic mass is 35.5. The SMILES string of the molecule is CC.COc1ccc2nc3cc(Cl)ccc3c(NCCCCCCCO)c2c1. The Balaban J connectivity index is 0.00000136. The molecule has 0 unspecified atom stereocenters. The van der Waals surface area contributed by atoms with Crippen LogP contribution in [0.3, 0.4) is 0 Å². The number of nitrogens with zero attached hydrogens (tertiary/aromatic N) is 1. The van der Waals surface area contributed by atoms with Crippen LogP contribution in [0.4, 0.5) is 5.69 Å². The lowest BCUT2D eigenvalue weighted by atomic mass is 10.1. The molecule has 0 atom stereocenters. The first-order valence-electron chi connectivity index (χ1n) is 10.1. The summed E-state index contributed by atoms with van der Waals surface area (Å²) in [5.74, 6) is 0.819. The van der Waals surface area contributed by atoms with E-state index in [1.165, 1.54) is 0 Å². The molecule has 1 heterocycles. The minimum atomic E-state index is 0.289. The van der Waals surface area contributed by atoms with Gasteiger partial charge in [0.15, 0.2) is 0 Å². The summed E-state index contributed by atoms with van der Waals surface area (Å²) < 4.78 is 5.39. The highest BCUT2D eigenvalue weighted by Gasteiger charge is 2.10. The Hall–Kier alpha value is -2.04. The summed E-state index contributed by atoms with van der Waals surface area (Å²) in [5, 5.41) is 15.3. The molecule has 4 nitrogen and oxygen atoms in total. The third-order valence-corrected chi connectivity index (χ3v) is 4.81. The molecule has 0 bridgehead atoms. The van der Waals surface area contributed by atoms with Crippen molar-refractivity contribution in [2.24, 2.45) is 0 Å². The number of rotatable bonds is 9. The van der Waals surface area contributed by atoms with Gasteiger partial charge in [0.1, 0.15) is 5.75 Å². The Bertz CT molecular complexity index is 883. The average Bonchev–Trinajstić information content (AvgIpc) is 2.73. The summed E-state index contributed by atoms with van der Waals surface area (Å²) in [4.78, 5) is 4.75. The Labute approximate surface area is 172 Å². The predicted molar refractivity (Wildman–Crippen MR) is 121 cm³/mol. The van der Waals surface area contributed by atoms with Crippen LogP contribution in [0, 0.1) is 0 Å². The van der Waals surface area contributed by atoms with Gasteiger partial charge in [0.25, 0.3) is 0 Å². The van der Waals surface area contributed by atoms with E-state index in [0.717, 1.165) is 71.9 Å². The third-order valence-electron chi connectivity index (χ3n) is 4.58. The number of methoxy groups -OCH3 is 1. The number of pyridine rings is 1. The van der Waals surface area contributed by atoms with E-state index in [2.05, 4.69) is 5.32 Å². The Kier molecular flexibility index (Phi) is 9.32. The monoisotopic (exact) mass is 402 g/mol. The van der Waals surface area contributed by atoms with Crippen molar-refractivity contribution in [3.63, 3.8) is 0 Å². The number of ether oxygens (including phenoxy) is 1. The fraction of sp³-hybridized carbons (Fsp3) is 0.435. The summed E-state index contributed by atoms with van der Waals surface area (Å²) in [6.07, 6.45) is 5.39. The summed E-state index contributed by atoms with van der Waals surface area (Å²) in [5.41, 5.74) is 2.89. The molecule has 0 spiro atoms. The lowest BCUT2D eigenvalue weighted by molar-refractivity contribution is 0.282. The van der Waals surface area contributed by atoms with Gasteiger partial charge in [-0.15, -0.1) is 0 Å². The lowest BCUT2D eigenvalue weighted by Crippen LogP contribution is -2.04. The largest absolute Gasteiger partial charge is 0.497 e. The number of nitrogens with one attached hydrogen (secondary N) is 1. The van der Waals surface area contributed by atoms with Crippen LogP contribution in [-0.4, -0.2) is 30.4 Å². The molecule has 2 N–H and O–H groups in total. The summed E-state index contributed by atoms with van der Waals surface area (Å²) in [7, 11) is 1.68. The molecule has 28 heavy (non-hydrogen) atoms. The molecule has 0 aliphatic heterocycles. The zero-order chi connectivity index (χ0) is 20.4. The maximum atomic E-state index is 8.84. The topological polar surface area (TPSA) is 54.4 Å². The smallest absolute Gasteiger partial charge is 0.119 e. The quantitative estimate of drug-likeness (QED) is 0.320. The van der Waals surface area contributed by atoms with Crippen LogP contribution in [0.15, 0.2) is 36.4 Å². The maximum absolute atomic E-state index is 8.84. The molecule has 2 aromatic carbocycles. The van der Waals surface area contributed by atoms with Gasteiger partial charge in [-0.25, -0.2) is 4.98 Å². The highest BCUT2D eigenvalue weighted by molar-refractivity contribution is 6.31. The molecule has 0 aliphatic rings. The molecule has 0 fully saturated rings. The van der Waals surface area contributed by atoms with E-state index in [1.54, 1.807) is 7.11 Å². The third kappa shape index (κ3) is 5.73. The number of aromatic nitrogens is 1. The minimum Gasteiger partial charge on any atom is -0.497 e. The minimum absolute atomic E-state index is 0.289. The van der Waals surface area contributed by atoms with Gasteiger partial charge in [-0.3, -0.25) is 0 Å². The molecule has 0 saturated carbocycles. The van der Waals surface area contributed by atoms with Crippen LogP contribution in [0.2, 0.25) is 5.02 Å². The fourth-order valence-electron chi connectivity index (χ4n) is 3.19. The number of aliphatic hydroxyl groups is 1. The van der Waals surface area contributed by atoms with E-state index in [-0.39, 0.29) is 6.61 Å². The van der Waals surface area contributed by atoms with E-state index in [0.29, 0.717) is 5.02 Å². The van der Waals surface area contributed by atoms with Gasteiger partial charge >= 0.3 is 0 Å². The highest BCUT2D eigenvalue weighted by Crippen LogP contribution is 2.34. The molecule has 152 valence electrons. The van der Waals surface area contributed by atoms with Crippen LogP contribution >= 0.6 is 11.6 Å². The van der Waals surface area contributed by atoms with E-state index in [4.69, 9.17) is 26.4 Å². The van der Waals surface area contributed by atoms with E-state index >= 15 is 0 Å². The van der Waals surface area contributed by atoms with Gasteiger partial charge in [-0.05, 0) is 49.2 Å². The Morgan fingerprint density at radius 1 is 0.929 bits per heavy atom. The summed E-state index contributed by atoms with van der Waals surface area (Å²) >= 11 is 6.16. The summed E-state index contributed by atoms with van der Waals surface area (Å²) in [6.45, 7) is 5.19. The van der Waals surface area contributed by atoms with Crippen molar-refractivity contribution >= 4 is 39.1 Å². The van der Waals surface area contributed by atoms with Crippen LogP contribution in [0.25, 0.3) is 21.8 Å². The van der Waals surface area contributed by atoms with Gasteiger partial charge < -0.3 is 15.2 Å². The second-order valence-electron chi connectivity index (χ2n) is 6.45. The van der Waals surface area contributed by atoms with Crippen LogP contribution in [0.5, 0.6) is 5.75 Å². The Morgan fingerprint density at radius 3 is 2.43 bits per heavy atom. The second-order valence-corrected chi connectivity index (χ2v) is 6.89. The predicted octanol–water partition coefficient (Wildman–Crippen LogP) is 6.43.